The number of carbonyl (C=O) groups excluding carboxylic acids is 1. The molecule has 0 atom stereocenters. The summed E-state index contributed by atoms with van der Waals surface area (Å²) in [4.78, 5) is 11.4. The average Bonchev–Trinajstić information content (AvgIpc) is 2.62. The fourth-order valence-corrected chi connectivity index (χ4v) is 1.89. The van der Waals surface area contributed by atoms with E-state index in [1.165, 1.54) is 0 Å². The standard InChI is InChI=1S/C12H14O3/c13-7-2-1-4-9-5-3-6-10-8-15-12(14)11(9)10/h3,5-6,13H,1-2,4,7-8H2. The summed E-state index contributed by atoms with van der Waals surface area (Å²) in [5, 5.41) is 8.70. The Morgan fingerprint density at radius 1 is 1.33 bits per heavy atom. The topological polar surface area (TPSA) is 46.5 Å². The highest BCUT2D eigenvalue weighted by atomic mass is 16.5. The monoisotopic (exact) mass is 206 g/mol. The van der Waals surface area contributed by atoms with Crippen molar-refractivity contribution >= 4 is 5.97 Å². The molecule has 3 nitrogen and oxygen atoms in total. The van der Waals surface area contributed by atoms with Crippen molar-refractivity contribution < 1.29 is 14.6 Å². The molecule has 80 valence electrons. The van der Waals surface area contributed by atoms with Crippen LogP contribution in [0.2, 0.25) is 0 Å². The third kappa shape index (κ3) is 2.02. The number of hydrogen-bond acceptors (Lipinski definition) is 3. The highest BCUT2D eigenvalue weighted by Crippen LogP contribution is 2.24. The summed E-state index contributed by atoms with van der Waals surface area (Å²) in [6.07, 6.45) is 2.51. The lowest BCUT2D eigenvalue weighted by molar-refractivity contribution is 0.0534. The molecule has 0 aliphatic carbocycles. The first kappa shape index (κ1) is 10.2. The van der Waals surface area contributed by atoms with Gasteiger partial charge in [-0.1, -0.05) is 18.2 Å². The molecule has 1 heterocycles. The summed E-state index contributed by atoms with van der Waals surface area (Å²) in [6, 6.07) is 5.84. The first-order valence-electron chi connectivity index (χ1n) is 5.21. The quantitative estimate of drug-likeness (QED) is 0.602. The van der Waals surface area contributed by atoms with E-state index < -0.39 is 0 Å². The largest absolute Gasteiger partial charge is 0.457 e. The number of carbonyl (C=O) groups is 1. The van der Waals surface area contributed by atoms with Crippen LogP contribution in [0.4, 0.5) is 0 Å². The second-order valence-corrected chi connectivity index (χ2v) is 3.71. The molecular weight excluding hydrogens is 192 g/mol. The summed E-state index contributed by atoms with van der Waals surface area (Å²) in [5.74, 6) is -0.204. The van der Waals surface area contributed by atoms with Gasteiger partial charge in [0.25, 0.3) is 0 Å². The van der Waals surface area contributed by atoms with E-state index in [-0.39, 0.29) is 12.6 Å². The minimum atomic E-state index is -0.204. The van der Waals surface area contributed by atoms with Gasteiger partial charge in [-0.2, -0.15) is 0 Å². The molecular formula is C12H14O3. The van der Waals surface area contributed by atoms with E-state index in [2.05, 4.69) is 0 Å². The third-order valence-corrected chi connectivity index (χ3v) is 2.65. The van der Waals surface area contributed by atoms with Gasteiger partial charge in [0, 0.05) is 12.2 Å². The van der Waals surface area contributed by atoms with E-state index in [4.69, 9.17) is 9.84 Å². The smallest absolute Gasteiger partial charge is 0.339 e. The van der Waals surface area contributed by atoms with Crippen LogP contribution < -0.4 is 0 Å². The summed E-state index contributed by atoms with van der Waals surface area (Å²) < 4.78 is 4.98. The zero-order chi connectivity index (χ0) is 10.7. The first-order valence-corrected chi connectivity index (χ1v) is 5.21. The number of aliphatic hydroxyl groups excluding tert-OH is 1. The fourth-order valence-electron chi connectivity index (χ4n) is 1.89. The van der Waals surface area contributed by atoms with Crippen LogP contribution in [0.3, 0.4) is 0 Å². The Balaban J connectivity index is 2.17. The molecule has 1 aliphatic heterocycles. The van der Waals surface area contributed by atoms with Gasteiger partial charge in [-0.15, -0.1) is 0 Å². The molecule has 1 aromatic rings. The molecule has 0 fully saturated rings. The van der Waals surface area contributed by atoms with Crippen molar-refractivity contribution in [1.29, 1.82) is 0 Å². The van der Waals surface area contributed by atoms with Gasteiger partial charge < -0.3 is 9.84 Å². The molecule has 0 saturated heterocycles. The van der Waals surface area contributed by atoms with Crippen molar-refractivity contribution in [1.82, 2.24) is 0 Å². The van der Waals surface area contributed by atoms with E-state index in [0.29, 0.717) is 6.61 Å². The summed E-state index contributed by atoms with van der Waals surface area (Å²) >= 11 is 0. The average molecular weight is 206 g/mol. The van der Waals surface area contributed by atoms with Crippen LogP contribution in [-0.4, -0.2) is 17.7 Å². The van der Waals surface area contributed by atoms with Gasteiger partial charge in [0.05, 0.1) is 5.56 Å². The summed E-state index contributed by atoms with van der Waals surface area (Å²) in [7, 11) is 0. The molecule has 0 bridgehead atoms. The van der Waals surface area contributed by atoms with Gasteiger partial charge in [-0.25, -0.2) is 4.79 Å². The molecule has 1 aromatic carbocycles. The van der Waals surface area contributed by atoms with E-state index in [0.717, 1.165) is 36.0 Å². The molecule has 0 unspecified atom stereocenters. The van der Waals surface area contributed by atoms with Crippen molar-refractivity contribution in [2.75, 3.05) is 6.61 Å². The van der Waals surface area contributed by atoms with Crippen LogP contribution in [0.15, 0.2) is 18.2 Å². The Morgan fingerprint density at radius 2 is 2.20 bits per heavy atom. The molecule has 1 N–H and O–H groups in total. The first-order chi connectivity index (χ1) is 7.33. The molecule has 3 heteroatoms. The fraction of sp³-hybridized carbons (Fsp3) is 0.417. The lowest BCUT2D eigenvalue weighted by atomic mass is 9.99. The third-order valence-electron chi connectivity index (χ3n) is 2.65. The van der Waals surface area contributed by atoms with Crippen LogP contribution in [0.5, 0.6) is 0 Å². The van der Waals surface area contributed by atoms with E-state index in [1.807, 2.05) is 18.2 Å². The van der Waals surface area contributed by atoms with Crippen LogP contribution >= 0.6 is 0 Å². The van der Waals surface area contributed by atoms with Crippen molar-refractivity contribution in [2.24, 2.45) is 0 Å². The number of aryl methyl sites for hydroxylation is 1. The summed E-state index contributed by atoms with van der Waals surface area (Å²) in [5.41, 5.74) is 2.78. The molecule has 0 amide bonds. The predicted octanol–water partition coefficient (Wildman–Crippen LogP) is 1.67. The summed E-state index contributed by atoms with van der Waals surface area (Å²) in [6.45, 7) is 0.613. The van der Waals surface area contributed by atoms with E-state index >= 15 is 0 Å². The van der Waals surface area contributed by atoms with Crippen LogP contribution in [0.1, 0.15) is 34.3 Å². The Kier molecular flexibility index (Phi) is 3.02. The Morgan fingerprint density at radius 3 is 3.00 bits per heavy atom. The number of cyclic esters (lactones) is 1. The Labute approximate surface area is 88.7 Å². The van der Waals surface area contributed by atoms with E-state index in [1.54, 1.807) is 0 Å². The molecule has 0 radical (unpaired) electrons. The number of rotatable bonds is 4. The maximum atomic E-state index is 11.4. The number of hydrogen-bond donors (Lipinski definition) is 1. The number of benzene rings is 1. The SMILES string of the molecule is O=C1OCc2cccc(CCCCO)c21. The normalized spacial score (nSPS) is 13.8. The Bertz CT molecular complexity index is 371. The maximum absolute atomic E-state index is 11.4. The predicted molar refractivity (Wildman–Crippen MR) is 55.6 cm³/mol. The van der Waals surface area contributed by atoms with Gasteiger partial charge in [0.15, 0.2) is 0 Å². The van der Waals surface area contributed by atoms with Gasteiger partial charge in [-0.3, -0.25) is 0 Å². The molecule has 0 spiro atoms. The van der Waals surface area contributed by atoms with Gasteiger partial charge >= 0.3 is 5.97 Å². The number of fused-ring (bicyclic) bond motifs is 1. The van der Waals surface area contributed by atoms with Crippen LogP contribution in [0.25, 0.3) is 0 Å². The number of esters is 1. The minimum Gasteiger partial charge on any atom is -0.457 e. The molecule has 1 aliphatic rings. The number of unbranched alkanes of at least 4 members (excludes halogenated alkanes) is 1. The van der Waals surface area contributed by atoms with Gasteiger partial charge in [0.1, 0.15) is 6.61 Å². The molecule has 0 aromatic heterocycles. The zero-order valence-corrected chi connectivity index (χ0v) is 8.53. The lowest BCUT2D eigenvalue weighted by Crippen LogP contribution is -2.01. The maximum Gasteiger partial charge on any atom is 0.339 e. The highest BCUT2D eigenvalue weighted by molar-refractivity contribution is 5.94. The Hall–Kier alpha value is -1.35. The lowest BCUT2D eigenvalue weighted by Gasteiger charge is -2.04. The van der Waals surface area contributed by atoms with Gasteiger partial charge in [-0.05, 0) is 24.8 Å². The van der Waals surface area contributed by atoms with Crippen molar-refractivity contribution in [3.8, 4) is 0 Å². The minimum absolute atomic E-state index is 0.204. The van der Waals surface area contributed by atoms with Crippen LogP contribution in [0, 0.1) is 0 Å². The molecule has 0 saturated carbocycles. The number of ether oxygens (including phenoxy) is 1. The second-order valence-electron chi connectivity index (χ2n) is 3.71. The second kappa shape index (κ2) is 4.45. The van der Waals surface area contributed by atoms with Crippen molar-refractivity contribution in [3.05, 3.63) is 34.9 Å². The van der Waals surface area contributed by atoms with Gasteiger partial charge in [0.2, 0.25) is 0 Å². The molecule has 15 heavy (non-hydrogen) atoms. The molecule has 2 rings (SSSR count). The zero-order valence-electron chi connectivity index (χ0n) is 8.53. The highest BCUT2D eigenvalue weighted by Gasteiger charge is 2.23. The van der Waals surface area contributed by atoms with Crippen LogP contribution in [-0.2, 0) is 17.8 Å². The number of aliphatic hydroxyl groups is 1. The van der Waals surface area contributed by atoms with Crippen molar-refractivity contribution in [2.45, 2.75) is 25.9 Å². The van der Waals surface area contributed by atoms with Crippen molar-refractivity contribution in [3.63, 3.8) is 0 Å². The van der Waals surface area contributed by atoms with E-state index in [9.17, 15) is 4.79 Å².